The number of carbonyl (C=O) groups excluding carboxylic acids is 2. The highest BCUT2D eigenvalue weighted by Gasteiger charge is 2.17. The van der Waals surface area contributed by atoms with Gasteiger partial charge in [0.25, 0.3) is 0 Å². The van der Waals surface area contributed by atoms with Crippen molar-refractivity contribution < 1.29 is 31.2 Å². The van der Waals surface area contributed by atoms with E-state index in [2.05, 4.69) is 4.99 Å². The molecule has 12 heteroatoms. The standard InChI is InChI=1S/C22H24N2O7S3/c1-15-6-8-16(9-7-15)34(29,30)12-4-5-20(25)23-22-24(14-21(26)31-2)18-11-10-17(33(3,27)28)13-19(18)32-22/h6-11,13H,4-5,12,14H2,1-3H3. The monoisotopic (exact) mass is 524 g/mol. The number of benzene rings is 2. The molecule has 1 amide bonds. The molecule has 0 aliphatic carbocycles. The molecule has 0 fully saturated rings. The lowest BCUT2D eigenvalue weighted by molar-refractivity contribution is -0.141. The van der Waals surface area contributed by atoms with Crippen molar-refractivity contribution in [2.24, 2.45) is 4.99 Å². The second-order valence-electron chi connectivity index (χ2n) is 7.69. The maximum atomic E-state index is 12.5. The summed E-state index contributed by atoms with van der Waals surface area (Å²) in [5, 5.41) is 0. The number of ether oxygens (including phenoxy) is 1. The van der Waals surface area contributed by atoms with Crippen LogP contribution in [-0.2, 0) is 40.5 Å². The Balaban J connectivity index is 1.85. The van der Waals surface area contributed by atoms with Crippen LogP contribution < -0.4 is 4.80 Å². The van der Waals surface area contributed by atoms with Gasteiger partial charge in [-0.3, -0.25) is 9.59 Å². The minimum atomic E-state index is -3.53. The SMILES string of the molecule is COC(=O)Cn1c(=NC(=O)CCCS(=O)(=O)c2ccc(C)cc2)sc2cc(S(C)(=O)=O)ccc21. The molecule has 0 saturated heterocycles. The van der Waals surface area contributed by atoms with E-state index in [0.29, 0.717) is 10.2 Å². The number of rotatable bonds is 8. The summed E-state index contributed by atoms with van der Waals surface area (Å²) < 4.78 is 55.4. The van der Waals surface area contributed by atoms with Gasteiger partial charge >= 0.3 is 5.97 Å². The van der Waals surface area contributed by atoms with Crippen LogP contribution in [0.15, 0.2) is 57.2 Å². The zero-order valence-electron chi connectivity index (χ0n) is 18.8. The number of fused-ring (bicyclic) bond motifs is 1. The Morgan fingerprint density at radius 3 is 2.29 bits per heavy atom. The second-order valence-corrected chi connectivity index (χ2v) is 12.8. The van der Waals surface area contributed by atoms with Crippen LogP contribution >= 0.6 is 11.3 Å². The fourth-order valence-corrected chi connectivity index (χ4v) is 6.27. The number of carbonyl (C=O) groups is 2. The number of hydrogen-bond acceptors (Lipinski definition) is 8. The van der Waals surface area contributed by atoms with Crippen LogP contribution in [0, 0.1) is 6.92 Å². The molecule has 182 valence electrons. The normalized spacial score (nSPS) is 12.7. The van der Waals surface area contributed by atoms with E-state index in [-0.39, 0.29) is 39.7 Å². The average molecular weight is 525 g/mol. The van der Waals surface area contributed by atoms with Crippen LogP contribution in [0.2, 0.25) is 0 Å². The van der Waals surface area contributed by atoms with Crippen LogP contribution in [0.5, 0.6) is 0 Å². The summed E-state index contributed by atoms with van der Waals surface area (Å²) in [4.78, 5) is 29.0. The van der Waals surface area contributed by atoms with Crippen LogP contribution in [0.25, 0.3) is 10.2 Å². The van der Waals surface area contributed by atoms with Gasteiger partial charge in [-0.25, -0.2) is 16.8 Å². The molecule has 1 aromatic heterocycles. The molecule has 0 bridgehead atoms. The molecule has 0 aliphatic heterocycles. The summed E-state index contributed by atoms with van der Waals surface area (Å²) in [5.41, 5.74) is 1.47. The van der Waals surface area contributed by atoms with Gasteiger partial charge in [0, 0.05) is 12.7 Å². The first kappa shape index (κ1) is 25.8. The molecule has 3 aromatic rings. The summed E-state index contributed by atoms with van der Waals surface area (Å²) in [6.07, 6.45) is 1.06. The van der Waals surface area contributed by atoms with Crippen molar-refractivity contribution in [2.75, 3.05) is 19.1 Å². The van der Waals surface area contributed by atoms with Gasteiger partial charge in [0.05, 0.1) is 32.9 Å². The van der Waals surface area contributed by atoms with Crippen LogP contribution in [0.4, 0.5) is 0 Å². The predicted octanol–water partition coefficient (Wildman–Crippen LogP) is 2.27. The minimum absolute atomic E-state index is 0.0820. The first-order valence-corrected chi connectivity index (χ1v) is 14.5. The molecule has 3 rings (SSSR count). The third-order valence-corrected chi connectivity index (χ3v) is 8.97. The molecule has 0 aliphatic rings. The van der Waals surface area contributed by atoms with Gasteiger partial charge in [0.1, 0.15) is 6.54 Å². The highest BCUT2D eigenvalue weighted by molar-refractivity contribution is 7.91. The third kappa shape index (κ3) is 6.19. The van der Waals surface area contributed by atoms with E-state index in [4.69, 9.17) is 4.74 Å². The van der Waals surface area contributed by atoms with Gasteiger partial charge in [-0.05, 0) is 43.7 Å². The molecule has 0 unspecified atom stereocenters. The number of amides is 1. The number of aromatic nitrogens is 1. The van der Waals surface area contributed by atoms with Gasteiger partial charge in [0.2, 0.25) is 5.91 Å². The minimum Gasteiger partial charge on any atom is -0.468 e. The van der Waals surface area contributed by atoms with Crippen molar-refractivity contribution >= 4 is 53.1 Å². The first-order chi connectivity index (χ1) is 15.9. The van der Waals surface area contributed by atoms with Gasteiger partial charge in [-0.2, -0.15) is 4.99 Å². The molecule has 2 aromatic carbocycles. The Bertz CT molecular complexity index is 1510. The van der Waals surface area contributed by atoms with E-state index < -0.39 is 31.6 Å². The lowest BCUT2D eigenvalue weighted by Crippen LogP contribution is -2.22. The Morgan fingerprint density at radius 2 is 1.68 bits per heavy atom. The van der Waals surface area contributed by atoms with E-state index in [1.165, 1.54) is 35.9 Å². The number of nitrogens with zero attached hydrogens (tertiary/aromatic N) is 2. The Labute approximate surface area is 201 Å². The van der Waals surface area contributed by atoms with E-state index in [0.717, 1.165) is 23.2 Å². The average Bonchev–Trinajstić information content (AvgIpc) is 3.09. The molecular weight excluding hydrogens is 500 g/mol. The summed E-state index contributed by atoms with van der Waals surface area (Å²) >= 11 is 1.06. The van der Waals surface area contributed by atoms with Crippen molar-refractivity contribution in [3.63, 3.8) is 0 Å². The Morgan fingerprint density at radius 1 is 1.03 bits per heavy atom. The van der Waals surface area contributed by atoms with E-state index in [1.807, 2.05) is 6.92 Å². The topological polar surface area (TPSA) is 129 Å². The molecule has 0 spiro atoms. The number of thiazole rings is 1. The van der Waals surface area contributed by atoms with E-state index in [1.54, 1.807) is 18.2 Å². The molecule has 0 radical (unpaired) electrons. The molecule has 0 saturated carbocycles. The number of sulfone groups is 2. The molecule has 0 atom stereocenters. The largest absolute Gasteiger partial charge is 0.468 e. The lowest BCUT2D eigenvalue weighted by Gasteiger charge is -2.05. The lowest BCUT2D eigenvalue weighted by atomic mass is 10.2. The summed E-state index contributed by atoms with van der Waals surface area (Å²) in [6.45, 7) is 1.64. The molecule has 1 heterocycles. The highest BCUT2D eigenvalue weighted by atomic mass is 32.2. The number of hydrogen-bond donors (Lipinski definition) is 0. The maximum Gasteiger partial charge on any atom is 0.325 e. The summed E-state index contributed by atoms with van der Waals surface area (Å²) in [7, 11) is -5.74. The van der Waals surface area contributed by atoms with Crippen LogP contribution in [0.1, 0.15) is 18.4 Å². The fraction of sp³-hybridized carbons (Fsp3) is 0.318. The van der Waals surface area contributed by atoms with Crippen molar-refractivity contribution in [3.05, 3.63) is 52.8 Å². The van der Waals surface area contributed by atoms with Crippen LogP contribution in [0.3, 0.4) is 0 Å². The zero-order valence-corrected chi connectivity index (χ0v) is 21.3. The maximum absolute atomic E-state index is 12.5. The summed E-state index contributed by atoms with van der Waals surface area (Å²) in [6, 6.07) is 10.9. The van der Waals surface area contributed by atoms with Gasteiger partial charge in [-0.15, -0.1) is 0 Å². The third-order valence-electron chi connectivity index (χ3n) is 5.00. The van der Waals surface area contributed by atoms with Crippen molar-refractivity contribution in [3.8, 4) is 0 Å². The number of methoxy groups -OCH3 is 1. The Hall–Kier alpha value is -2.83. The van der Waals surface area contributed by atoms with Gasteiger partial charge in [0.15, 0.2) is 24.5 Å². The highest BCUT2D eigenvalue weighted by Crippen LogP contribution is 2.22. The van der Waals surface area contributed by atoms with Crippen molar-refractivity contribution in [1.82, 2.24) is 4.57 Å². The first-order valence-electron chi connectivity index (χ1n) is 10.2. The molecular formula is C22H24N2O7S3. The molecule has 34 heavy (non-hydrogen) atoms. The van der Waals surface area contributed by atoms with E-state index in [9.17, 15) is 26.4 Å². The Kier molecular flexibility index (Phi) is 7.74. The van der Waals surface area contributed by atoms with Gasteiger partial charge < -0.3 is 9.30 Å². The molecule has 9 nitrogen and oxygen atoms in total. The van der Waals surface area contributed by atoms with E-state index >= 15 is 0 Å². The van der Waals surface area contributed by atoms with Gasteiger partial charge in [-0.1, -0.05) is 29.0 Å². The number of esters is 1. The second kappa shape index (κ2) is 10.2. The molecule has 0 N–H and O–H groups in total. The summed E-state index contributed by atoms with van der Waals surface area (Å²) in [5.74, 6) is -1.32. The van der Waals surface area contributed by atoms with Crippen LogP contribution in [-0.4, -0.2) is 52.4 Å². The zero-order chi connectivity index (χ0) is 25.1. The van der Waals surface area contributed by atoms with Crippen molar-refractivity contribution in [1.29, 1.82) is 0 Å². The quantitative estimate of drug-likeness (QED) is 0.413. The number of aryl methyl sites for hydroxylation is 1. The van der Waals surface area contributed by atoms with Crippen molar-refractivity contribution in [2.45, 2.75) is 36.1 Å². The smallest absolute Gasteiger partial charge is 0.325 e. The predicted molar refractivity (Wildman–Crippen MR) is 128 cm³/mol. The fourth-order valence-electron chi connectivity index (χ4n) is 3.16.